The van der Waals surface area contributed by atoms with Crippen LogP contribution in [-0.4, -0.2) is 61.4 Å². The third-order valence-corrected chi connectivity index (χ3v) is 10.7. The molecule has 34 heavy (non-hydrogen) atoms. The fourth-order valence-corrected chi connectivity index (χ4v) is 8.87. The normalized spacial score (nSPS) is 48.9. The van der Waals surface area contributed by atoms with E-state index in [0.717, 1.165) is 25.7 Å². The molecule has 4 aliphatic rings. The van der Waals surface area contributed by atoms with Gasteiger partial charge in [-0.3, -0.25) is 4.98 Å². The van der Waals surface area contributed by atoms with Gasteiger partial charge >= 0.3 is 5.97 Å². The van der Waals surface area contributed by atoms with Gasteiger partial charge in [-0.05, 0) is 87.2 Å². The van der Waals surface area contributed by atoms with E-state index in [1.165, 1.54) is 6.20 Å². The van der Waals surface area contributed by atoms with Gasteiger partial charge in [-0.2, -0.15) is 0 Å². The fraction of sp³-hybridized carbons (Fsp3) is 0.778. The van der Waals surface area contributed by atoms with Gasteiger partial charge in [0.25, 0.3) is 0 Å². The van der Waals surface area contributed by atoms with Gasteiger partial charge in [0.2, 0.25) is 0 Å². The maximum Gasteiger partial charge on any atom is 0.339 e. The van der Waals surface area contributed by atoms with Crippen molar-refractivity contribution in [3.05, 3.63) is 30.1 Å². The monoisotopic (exact) mass is 473 g/mol. The lowest BCUT2D eigenvalue weighted by molar-refractivity contribution is -0.289. The van der Waals surface area contributed by atoms with Crippen LogP contribution in [0.2, 0.25) is 0 Å². The molecular weight excluding hydrogens is 434 g/mol. The van der Waals surface area contributed by atoms with Crippen LogP contribution in [0.25, 0.3) is 0 Å². The summed E-state index contributed by atoms with van der Waals surface area (Å²) in [5.41, 5.74) is -2.02. The van der Waals surface area contributed by atoms with Crippen LogP contribution in [0.3, 0.4) is 0 Å². The van der Waals surface area contributed by atoms with E-state index >= 15 is 0 Å². The zero-order chi connectivity index (χ0) is 24.5. The van der Waals surface area contributed by atoms with Gasteiger partial charge in [0.05, 0.1) is 29.5 Å². The lowest BCUT2D eigenvalue weighted by Crippen LogP contribution is -2.72. The molecule has 0 amide bonds. The summed E-state index contributed by atoms with van der Waals surface area (Å²) in [5.74, 6) is -0.846. The highest BCUT2D eigenvalue weighted by molar-refractivity contribution is 5.89. The summed E-state index contributed by atoms with van der Waals surface area (Å²) >= 11 is 0. The summed E-state index contributed by atoms with van der Waals surface area (Å²) in [6, 6.07) is 3.33. The van der Waals surface area contributed by atoms with E-state index in [-0.39, 0.29) is 35.2 Å². The first-order valence-corrected chi connectivity index (χ1v) is 12.9. The molecule has 0 aliphatic heterocycles. The molecule has 4 aliphatic carbocycles. The molecule has 0 bridgehead atoms. The number of hydrogen-bond acceptors (Lipinski definition) is 7. The van der Waals surface area contributed by atoms with Gasteiger partial charge in [-0.15, -0.1) is 0 Å². The van der Waals surface area contributed by atoms with Crippen molar-refractivity contribution in [2.24, 2.45) is 34.5 Å². The van der Waals surface area contributed by atoms with Crippen molar-refractivity contribution >= 4 is 5.97 Å². The molecule has 4 N–H and O–H groups in total. The number of rotatable bonds is 3. The summed E-state index contributed by atoms with van der Waals surface area (Å²) in [7, 11) is 0. The van der Waals surface area contributed by atoms with Gasteiger partial charge in [-0.25, -0.2) is 4.79 Å². The smallest absolute Gasteiger partial charge is 0.339 e. The Balaban J connectivity index is 1.44. The Hall–Kier alpha value is -1.54. The van der Waals surface area contributed by atoms with Crippen molar-refractivity contribution in [3.8, 4) is 0 Å². The first kappa shape index (κ1) is 24.2. The summed E-state index contributed by atoms with van der Waals surface area (Å²) in [6.45, 7) is 5.89. The molecular formula is C27H39NO6. The van der Waals surface area contributed by atoms with E-state index in [1.807, 2.05) is 13.8 Å². The second kappa shape index (κ2) is 8.26. The van der Waals surface area contributed by atoms with Crippen LogP contribution in [0.15, 0.2) is 24.5 Å². The molecule has 1 aromatic heterocycles. The number of carbonyl (C=O) groups is 1. The predicted octanol–water partition coefficient (Wildman–Crippen LogP) is 2.70. The Kier molecular flexibility index (Phi) is 5.87. The quantitative estimate of drug-likeness (QED) is 0.498. The minimum atomic E-state index is -1.15. The third-order valence-electron chi connectivity index (χ3n) is 10.7. The SMILES string of the molecule is CC(OC(=O)c1cccnc1)[C@H]1CC[C@]2(O)[C@@H]3CC[C@H]4C[C@@H](O)CC[C@]4(C)[C@H]3[C@H](O)[C@@H](O)[C@]12C. The molecule has 1 heterocycles. The van der Waals surface area contributed by atoms with Crippen molar-refractivity contribution < 1.29 is 30.0 Å². The number of aliphatic hydroxyl groups is 4. The van der Waals surface area contributed by atoms with E-state index in [4.69, 9.17) is 4.74 Å². The average molecular weight is 474 g/mol. The van der Waals surface area contributed by atoms with E-state index in [9.17, 15) is 25.2 Å². The largest absolute Gasteiger partial charge is 0.459 e. The highest BCUT2D eigenvalue weighted by Gasteiger charge is 2.73. The number of hydrogen-bond donors (Lipinski definition) is 4. The van der Waals surface area contributed by atoms with Crippen LogP contribution in [0.1, 0.15) is 76.1 Å². The summed E-state index contributed by atoms with van der Waals surface area (Å²) in [4.78, 5) is 16.7. The third kappa shape index (κ3) is 3.23. The zero-order valence-electron chi connectivity index (χ0n) is 20.4. The number of nitrogens with zero attached hydrogens (tertiary/aromatic N) is 1. The Morgan fingerprint density at radius 2 is 1.91 bits per heavy atom. The molecule has 4 saturated carbocycles. The minimum absolute atomic E-state index is 0.140. The molecule has 0 radical (unpaired) electrons. The number of carbonyl (C=O) groups excluding carboxylic acids is 1. The molecule has 11 atom stereocenters. The van der Waals surface area contributed by atoms with Crippen LogP contribution in [0, 0.1) is 34.5 Å². The number of esters is 1. The number of aromatic nitrogens is 1. The van der Waals surface area contributed by atoms with Gasteiger partial charge in [0, 0.05) is 23.7 Å². The second-order valence-electron chi connectivity index (χ2n) is 12.0. The maximum atomic E-state index is 12.7. The molecule has 4 fully saturated rings. The Labute approximate surface area is 201 Å². The number of fused-ring (bicyclic) bond motifs is 5. The van der Waals surface area contributed by atoms with Crippen molar-refractivity contribution in [1.82, 2.24) is 4.98 Å². The zero-order valence-corrected chi connectivity index (χ0v) is 20.4. The van der Waals surface area contributed by atoms with Crippen molar-refractivity contribution in [2.75, 3.05) is 0 Å². The first-order chi connectivity index (χ1) is 16.0. The highest BCUT2D eigenvalue weighted by Crippen LogP contribution is 2.69. The van der Waals surface area contributed by atoms with E-state index in [0.29, 0.717) is 24.8 Å². The predicted molar refractivity (Wildman–Crippen MR) is 125 cm³/mol. The van der Waals surface area contributed by atoms with Gasteiger partial charge in [0.1, 0.15) is 6.10 Å². The Bertz CT molecular complexity index is 927. The topological polar surface area (TPSA) is 120 Å². The van der Waals surface area contributed by atoms with Gasteiger partial charge < -0.3 is 25.2 Å². The van der Waals surface area contributed by atoms with Crippen LogP contribution < -0.4 is 0 Å². The highest BCUT2D eigenvalue weighted by atomic mass is 16.5. The van der Waals surface area contributed by atoms with Crippen molar-refractivity contribution in [2.45, 2.75) is 95.7 Å². The first-order valence-electron chi connectivity index (χ1n) is 12.9. The van der Waals surface area contributed by atoms with Gasteiger partial charge in [-0.1, -0.05) is 13.8 Å². The fourth-order valence-electron chi connectivity index (χ4n) is 8.87. The van der Waals surface area contributed by atoms with E-state index in [2.05, 4.69) is 11.9 Å². The minimum Gasteiger partial charge on any atom is -0.459 e. The number of ether oxygens (including phenoxy) is 1. The average Bonchev–Trinajstić information content (AvgIpc) is 3.10. The van der Waals surface area contributed by atoms with Crippen LogP contribution in [0.5, 0.6) is 0 Å². The van der Waals surface area contributed by atoms with Crippen LogP contribution >= 0.6 is 0 Å². The molecule has 0 saturated heterocycles. The second-order valence-corrected chi connectivity index (χ2v) is 12.0. The lowest BCUT2D eigenvalue weighted by atomic mass is 9.41. The van der Waals surface area contributed by atoms with E-state index < -0.39 is 35.3 Å². The number of pyridine rings is 1. The number of aliphatic hydroxyl groups excluding tert-OH is 3. The summed E-state index contributed by atoms with van der Waals surface area (Å²) in [6.07, 6.45) is 5.12. The molecule has 7 nitrogen and oxygen atoms in total. The Morgan fingerprint density at radius 3 is 2.62 bits per heavy atom. The standard InChI is InChI=1S/C27H39NO6/c1-15(34-24(32)16-5-4-12-28-14-16)19-9-11-27(33)20-7-6-17-13-18(29)8-10-25(17,2)21(20)22(30)23(31)26(19,27)3/h4-5,12,14-15,17-23,29-31,33H,6-11,13H2,1-3H3/t15?,17-,18-,19+,20+,21+,22-,23+,25-,26-,27-/m0/s1. The Morgan fingerprint density at radius 1 is 1.15 bits per heavy atom. The summed E-state index contributed by atoms with van der Waals surface area (Å²) < 4.78 is 5.81. The molecule has 1 unspecified atom stereocenters. The summed E-state index contributed by atoms with van der Waals surface area (Å²) in [5, 5.41) is 45.8. The van der Waals surface area contributed by atoms with Crippen LogP contribution in [0.4, 0.5) is 0 Å². The maximum absolute atomic E-state index is 12.7. The molecule has 5 rings (SSSR count). The van der Waals surface area contributed by atoms with Crippen LogP contribution in [-0.2, 0) is 4.74 Å². The van der Waals surface area contributed by atoms with E-state index in [1.54, 1.807) is 18.3 Å². The lowest BCUT2D eigenvalue weighted by Gasteiger charge is -2.66. The molecule has 1 aromatic rings. The molecule has 0 aromatic carbocycles. The van der Waals surface area contributed by atoms with Gasteiger partial charge in [0.15, 0.2) is 0 Å². The molecule has 0 spiro atoms. The molecule has 7 heteroatoms. The van der Waals surface area contributed by atoms with Crippen molar-refractivity contribution in [3.63, 3.8) is 0 Å². The molecule has 188 valence electrons. The van der Waals surface area contributed by atoms with Crippen molar-refractivity contribution in [1.29, 1.82) is 0 Å².